The molecule has 25 heavy (non-hydrogen) atoms. The molecule has 2 aromatic rings. The first-order valence-electron chi connectivity index (χ1n) is 8.95. The van der Waals surface area contributed by atoms with Crippen LogP contribution in [0.1, 0.15) is 68.6 Å². The first-order valence-corrected chi connectivity index (χ1v) is 8.95. The van der Waals surface area contributed by atoms with Crippen molar-refractivity contribution >= 4 is 5.91 Å². The third-order valence-electron chi connectivity index (χ3n) is 4.21. The first kappa shape index (κ1) is 19.0. The summed E-state index contributed by atoms with van der Waals surface area (Å²) in [4.78, 5) is 12.4. The third-order valence-corrected chi connectivity index (χ3v) is 4.21. The highest BCUT2D eigenvalue weighted by Gasteiger charge is 2.15. The predicted octanol–water partition coefficient (Wildman–Crippen LogP) is 5.26. The molecule has 3 nitrogen and oxygen atoms in total. The number of amides is 1. The topological polar surface area (TPSA) is 38.3 Å². The van der Waals surface area contributed by atoms with E-state index >= 15 is 0 Å². The molecule has 0 saturated carbocycles. The Bertz CT molecular complexity index is 681. The third kappa shape index (κ3) is 5.35. The predicted molar refractivity (Wildman–Crippen MR) is 103 cm³/mol. The van der Waals surface area contributed by atoms with Crippen molar-refractivity contribution in [3.8, 4) is 5.75 Å². The summed E-state index contributed by atoms with van der Waals surface area (Å²) < 4.78 is 5.55. The summed E-state index contributed by atoms with van der Waals surface area (Å²) in [5, 5.41) is 3.05. The van der Waals surface area contributed by atoms with E-state index in [-0.39, 0.29) is 17.4 Å². The number of benzene rings is 2. The lowest BCUT2D eigenvalue weighted by atomic mass is 9.86. The van der Waals surface area contributed by atoms with Gasteiger partial charge in [-0.05, 0) is 54.2 Å². The Morgan fingerprint density at radius 3 is 2.16 bits per heavy atom. The van der Waals surface area contributed by atoms with Crippen molar-refractivity contribution in [2.75, 3.05) is 6.61 Å². The van der Waals surface area contributed by atoms with Gasteiger partial charge in [0, 0.05) is 5.56 Å². The van der Waals surface area contributed by atoms with Crippen molar-refractivity contribution in [2.45, 2.75) is 52.5 Å². The Labute approximate surface area is 151 Å². The first-order chi connectivity index (χ1) is 11.8. The zero-order chi connectivity index (χ0) is 18.4. The Hall–Kier alpha value is -2.29. The van der Waals surface area contributed by atoms with Gasteiger partial charge in [0.15, 0.2) is 0 Å². The SMILES string of the molecule is CCCOc1ccc(C(=O)N[C@@H](C)c2ccc(C(C)(C)C)cc2)cc1. The molecule has 1 N–H and O–H groups in total. The van der Waals surface area contributed by atoms with Crippen LogP contribution in [-0.4, -0.2) is 12.5 Å². The fourth-order valence-electron chi connectivity index (χ4n) is 2.56. The van der Waals surface area contributed by atoms with E-state index in [9.17, 15) is 4.79 Å². The molecule has 2 aromatic carbocycles. The van der Waals surface area contributed by atoms with Crippen molar-refractivity contribution in [1.82, 2.24) is 5.32 Å². The Balaban J connectivity index is 1.99. The van der Waals surface area contributed by atoms with Gasteiger partial charge in [-0.3, -0.25) is 4.79 Å². The number of ether oxygens (including phenoxy) is 1. The highest BCUT2D eigenvalue weighted by Crippen LogP contribution is 2.24. The molecule has 0 aliphatic heterocycles. The maximum absolute atomic E-state index is 12.4. The van der Waals surface area contributed by atoms with E-state index in [1.165, 1.54) is 5.56 Å². The minimum atomic E-state index is -0.0746. The molecule has 3 heteroatoms. The average Bonchev–Trinajstić information content (AvgIpc) is 2.59. The van der Waals surface area contributed by atoms with Crippen molar-refractivity contribution in [3.05, 3.63) is 65.2 Å². The summed E-state index contributed by atoms with van der Waals surface area (Å²) in [6, 6.07) is 15.7. The molecular weight excluding hydrogens is 310 g/mol. The minimum Gasteiger partial charge on any atom is -0.494 e. The zero-order valence-corrected chi connectivity index (χ0v) is 15.9. The van der Waals surface area contributed by atoms with Crippen molar-refractivity contribution in [1.29, 1.82) is 0 Å². The van der Waals surface area contributed by atoms with Gasteiger partial charge in [0.25, 0.3) is 5.91 Å². The molecule has 1 atom stereocenters. The van der Waals surface area contributed by atoms with Crippen LogP contribution in [0.4, 0.5) is 0 Å². The summed E-state index contributed by atoms with van der Waals surface area (Å²) in [5.41, 5.74) is 3.16. The minimum absolute atomic E-state index is 0.0439. The van der Waals surface area contributed by atoms with E-state index in [1.807, 2.05) is 19.1 Å². The smallest absolute Gasteiger partial charge is 0.251 e. The molecule has 0 heterocycles. The molecule has 0 radical (unpaired) electrons. The van der Waals surface area contributed by atoms with Gasteiger partial charge in [-0.15, -0.1) is 0 Å². The van der Waals surface area contributed by atoms with E-state index in [0.717, 1.165) is 17.7 Å². The molecule has 0 unspecified atom stereocenters. The molecule has 0 aliphatic carbocycles. The van der Waals surface area contributed by atoms with Crippen LogP contribution in [0, 0.1) is 0 Å². The van der Waals surface area contributed by atoms with E-state index in [4.69, 9.17) is 4.74 Å². The van der Waals surface area contributed by atoms with Crippen LogP contribution in [0.3, 0.4) is 0 Å². The molecule has 0 fully saturated rings. The Morgan fingerprint density at radius 2 is 1.64 bits per heavy atom. The van der Waals surface area contributed by atoms with Crippen LogP contribution in [-0.2, 0) is 5.41 Å². The van der Waals surface area contributed by atoms with E-state index in [1.54, 1.807) is 12.1 Å². The molecule has 0 aliphatic rings. The van der Waals surface area contributed by atoms with Gasteiger partial charge in [-0.25, -0.2) is 0 Å². The van der Waals surface area contributed by atoms with E-state index in [2.05, 4.69) is 57.3 Å². The highest BCUT2D eigenvalue weighted by molar-refractivity contribution is 5.94. The van der Waals surface area contributed by atoms with Gasteiger partial charge in [-0.2, -0.15) is 0 Å². The Kier molecular flexibility index (Phi) is 6.24. The number of hydrogen-bond donors (Lipinski definition) is 1. The van der Waals surface area contributed by atoms with Crippen LogP contribution < -0.4 is 10.1 Å². The van der Waals surface area contributed by atoms with Gasteiger partial charge in [0.05, 0.1) is 12.6 Å². The molecule has 0 bridgehead atoms. The summed E-state index contributed by atoms with van der Waals surface area (Å²) in [7, 11) is 0. The molecule has 134 valence electrons. The maximum Gasteiger partial charge on any atom is 0.251 e. The van der Waals surface area contributed by atoms with Crippen LogP contribution >= 0.6 is 0 Å². The second-order valence-electron chi connectivity index (χ2n) is 7.44. The van der Waals surface area contributed by atoms with Gasteiger partial charge in [0.1, 0.15) is 5.75 Å². The standard InChI is InChI=1S/C22H29NO2/c1-6-15-25-20-13-9-18(10-14-20)21(24)23-16(2)17-7-11-19(12-8-17)22(3,4)5/h7-14,16H,6,15H2,1-5H3,(H,23,24)/t16-/m0/s1. The maximum atomic E-state index is 12.4. The van der Waals surface area contributed by atoms with Gasteiger partial charge in [-0.1, -0.05) is 52.0 Å². The summed E-state index contributed by atoms with van der Waals surface area (Å²) in [5.74, 6) is 0.721. The summed E-state index contributed by atoms with van der Waals surface area (Å²) in [6.45, 7) is 11.3. The zero-order valence-electron chi connectivity index (χ0n) is 15.9. The number of nitrogens with one attached hydrogen (secondary N) is 1. The molecule has 1 amide bonds. The fourth-order valence-corrected chi connectivity index (χ4v) is 2.56. The second kappa shape index (κ2) is 8.19. The van der Waals surface area contributed by atoms with Crippen LogP contribution in [0.15, 0.2) is 48.5 Å². The van der Waals surface area contributed by atoms with Crippen LogP contribution in [0.25, 0.3) is 0 Å². The van der Waals surface area contributed by atoms with Crippen molar-refractivity contribution in [3.63, 3.8) is 0 Å². The van der Waals surface area contributed by atoms with Gasteiger partial charge < -0.3 is 10.1 Å². The van der Waals surface area contributed by atoms with Gasteiger partial charge >= 0.3 is 0 Å². The second-order valence-corrected chi connectivity index (χ2v) is 7.44. The quantitative estimate of drug-likeness (QED) is 0.779. The Morgan fingerprint density at radius 1 is 1.04 bits per heavy atom. The van der Waals surface area contributed by atoms with Crippen LogP contribution in [0.5, 0.6) is 5.75 Å². The van der Waals surface area contributed by atoms with Crippen LogP contribution in [0.2, 0.25) is 0 Å². The average molecular weight is 339 g/mol. The highest BCUT2D eigenvalue weighted by atomic mass is 16.5. The normalized spacial score (nSPS) is 12.5. The lowest BCUT2D eigenvalue weighted by Crippen LogP contribution is -2.26. The molecule has 2 rings (SSSR count). The monoisotopic (exact) mass is 339 g/mol. The summed E-state index contributed by atoms with van der Waals surface area (Å²) in [6.07, 6.45) is 0.966. The number of hydrogen-bond acceptors (Lipinski definition) is 2. The van der Waals surface area contributed by atoms with E-state index < -0.39 is 0 Å². The van der Waals surface area contributed by atoms with Crippen molar-refractivity contribution in [2.24, 2.45) is 0 Å². The number of carbonyl (C=O) groups excluding carboxylic acids is 1. The molecule has 0 spiro atoms. The largest absolute Gasteiger partial charge is 0.494 e. The van der Waals surface area contributed by atoms with Crippen molar-refractivity contribution < 1.29 is 9.53 Å². The lowest BCUT2D eigenvalue weighted by molar-refractivity contribution is 0.0940. The van der Waals surface area contributed by atoms with Gasteiger partial charge in [0.2, 0.25) is 0 Å². The molecular formula is C22H29NO2. The fraction of sp³-hybridized carbons (Fsp3) is 0.409. The lowest BCUT2D eigenvalue weighted by Gasteiger charge is -2.20. The molecule has 0 aromatic heterocycles. The summed E-state index contributed by atoms with van der Waals surface area (Å²) >= 11 is 0. The van der Waals surface area contributed by atoms with E-state index in [0.29, 0.717) is 12.2 Å². The molecule has 0 saturated heterocycles. The number of carbonyl (C=O) groups is 1. The number of rotatable bonds is 6.